The van der Waals surface area contributed by atoms with Gasteiger partial charge >= 0.3 is 0 Å². The van der Waals surface area contributed by atoms with Crippen LogP contribution in [0.4, 0.5) is 5.69 Å². The summed E-state index contributed by atoms with van der Waals surface area (Å²) in [6.07, 6.45) is 4.31. The van der Waals surface area contributed by atoms with Crippen molar-refractivity contribution in [3.05, 3.63) is 11.8 Å². The summed E-state index contributed by atoms with van der Waals surface area (Å²) in [6.45, 7) is 4.18. The van der Waals surface area contributed by atoms with E-state index in [0.29, 0.717) is 30.4 Å². The third-order valence-corrected chi connectivity index (χ3v) is 3.34. The van der Waals surface area contributed by atoms with Gasteiger partial charge in [0.15, 0.2) is 0 Å². The summed E-state index contributed by atoms with van der Waals surface area (Å²) >= 11 is 0. The van der Waals surface area contributed by atoms with Crippen LogP contribution >= 0.6 is 0 Å². The molecule has 1 atom stereocenters. The van der Waals surface area contributed by atoms with Crippen LogP contribution in [0.2, 0.25) is 0 Å². The molecule has 2 N–H and O–H groups in total. The van der Waals surface area contributed by atoms with Gasteiger partial charge in [0.2, 0.25) is 5.88 Å². The molecular formula is C14H21N3O2. The van der Waals surface area contributed by atoms with Gasteiger partial charge in [-0.1, -0.05) is 13.3 Å². The van der Waals surface area contributed by atoms with Gasteiger partial charge in [-0.05, 0) is 19.3 Å². The van der Waals surface area contributed by atoms with E-state index in [0.717, 1.165) is 32.3 Å². The Labute approximate surface area is 113 Å². The van der Waals surface area contributed by atoms with Crippen molar-refractivity contribution in [3.8, 4) is 11.9 Å². The third kappa shape index (κ3) is 3.21. The van der Waals surface area contributed by atoms with Crippen molar-refractivity contribution in [2.24, 2.45) is 0 Å². The smallest absolute Gasteiger partial charge is 0.218 e. The number of hydrogen-bond acceptors (Lipinski definition) is 4. The van der Waals surface area contributed by atoms with Crippen LogP contribution in [0.25, 0.3) is 0 Å². The summed E-state index contributed by atoms with van der Waals surface area (Å²) in [4.78, 5) is 0. The largest absolute Gasteiger partial charge is 0.477 e. The minimum atomic E-state index is 0.160. The zero-order valence-electron chi connectivity index (χ0n) is 11.4. The molecule has 0 spiro atoms. The summed E-state index contributed by atoms with van der Waals surface area (Å²) in [5.74, 6) is 0.612. The van der Waals surface area contributed by atoms with Crippen molar-refractivity contribution in [1.29, 1.82) is 5.26 Å². The lowest BCUT2D eigenvalue weighted by Crippen LogP contribution is -2.17. The molecule has 2 rings (SSSR count). The molecule has 5 heteroatoms. The molecule has 1 aliphatic rings. The van der Waals surface area contributed by atoms with Gasteiger partial charge in [-0.3, -0.25) is 4.57 Å². The van der Waals surface area contributed by atoms with Crippen molar-refractivity contribution >= 4 is 5.69 Å². The van der Waals surface area contributed by atoms with E-state index in [1.165, 1.54) is 0 Å². The molecule has 0 amide bonds. The first-order valence-corrected chi connectivity index (χ1v) is 6.89. The van der Waals surface area contributed by atoms with Crippen LogP contribution in [0.3, 0.4) is 0 Å². The number of aromatic nitrogens is 1. The Hall–Kier alpha value is -1.67. The zero-order valence-corrected chi connectivity index (χ0v) is 11.4. The van der Waals surface area contributed by atoms with Gasteiger partial charge in [0.05, 0.1) is 24.9 Å². The predicted molar refractivity (Wildman–Crippen MR) is 72.9 cm³/mol. The molecule has 1 saturated heterocycles. The fraction of sp³-hybridized carbons (Fsp3) is 0.643. The van der Waals surface area contributed by atoms with E-state index >= 15 is 0 Å². The number of rotatable bonds is 6. The summed E-state index contributed by atoms with van der Waals surface area (Å²) in [7, 11) is 0. The van der Waals surface area contributed by atoms with Gasteiger partial charge in [0.25, 0.3) is 0 Å². The highest BCUT2D eigenvalue weighted by atomic mass is 16.5. The van der Waals surface area contributed by atoms with Crippen LogP contribution in [-0.2, 0) is 11.3 Å². The van der Waals surface area contributed by atoms with Crippen LogP contribution in [0.1, 0.15) is 38.3 Å². The number of nitriles is 1. The number of hydrogen-bond donors (Lipinski definition) is 1. The maximum atomic E-state index is 9.18. The summed E-state index contributed by atoms with van der Waals surface area (Å²) in [5, 5.41) is 9.18. The van der Waals surface area contributed by atoms with Crippen LogP contribution in [0.5, 0.6) is 5.88 Å². The van der Waals surface area contributed by atoms with Crippen LogP contribution in [-0.4, -0.2) is 23.9 Å². The first kappa shape index (κ1) is 13.8. The number of nitrogen functional groups attached to an aromatic ring is 1. The second-order valence-electron chi connectivity index (χ2n) is 4.85. The van der Waals surface area contributed by atoms with Gasteiger partial charge in [0.1, 0.15) is 11.8 Å². The molecule has 0 unspecified atom stereocenters. The van der Waals surface area contributed by atoms with Gasteiger partial charge in [0, 0.05) is 12.7 Å². The van der Waals surface area contributed by atoms with E-state index in [2.05, 4.69) is 13.0 Å². The molecule has 1 aromatic rings. The average molecular weight is 263 g/mol. The van der Waals surface area contributed by atoms with E-state index in [4.69, 9.17) is 15.2 Å². The second kappa shape index (κ2) is 6.48. The highest BCUT2D eigenvalue weighted by Crippen LogP contribution is 2.28. The standard InChI is InChI=1S/C14H21N3O2/c1-2-3-6-19-14-13(16)8-11(9-15)17(14)10-12-5-4-7-18-12/h8,12H,2-7,10,16H2,1H3/t12-/m0/s1. The zero-order chi connectivity index (χ0) is 13.7. The normalized spacial score (nSPS) is 18.4. The number of anilines is 1. The SMILES string of the molecule is CCCCOc1c(N)cc(C#N)n1C[C@@H]1CCCO1. The molecule has 104 valence electrons. The summed E-state index contributed by atoms with van der Waals surface area (Å²) in [5.41, 5.74) is 7.01. The molecule has 1 fully saturated rings. The lowest BCUT2D eigenvalue weighted by atomic mass is 10.2. The van der Waals surface area contributed by atoms with Crippen LogP contribution in [0.15, 0.2) is 6.07 Å². The number of nitrogens with two attached hydrogens (primary N) is 1. The van der Waals surface area contributed by atoms with E-state index in [1.807, 2.05) is 4.57 Å². The molecule has 19 heavy (non-hydrogen) atoms. The van der Waals surface area contributed by atoms with Crippen molar-refractivity contribution in [2.45, 2.75) is 45.3 Å². The van der Waals surface area contributed by atoms with E-state index < -0.39 is 0 Å². The van der Waals surface area contributed by atoms with E-state index in [-0.39, 0.29) is 6.10 Å². The average Bonchev–Trinajstić information content (AvgIpc) is 3.01. The summed E-state index contributed by atoms with van der Waals surface area (Å²) < 4.78 is 13.2. The predicted octanol–water partition coefficient (Wildman–Crippen LogP) is 2.30. The molecule has 0 bridgehead atoms. The quantitative estimate of drug-likeness (QED) is 0.799. The number of nitrogens with zero attached hydrogens (tertiary/aromatic N) is 2. The molecule has 5 nitrogen and oxygen atoms in total. The Morgan fingerprint density at radius 3 is 3.11 bits per heavy atom. The Balaban J connectivity index is 2.14. The lowest BCUT2D eigenvalue weighted by molar-refractivity contribution is 0.0940. The maximum Gasteiger partial charge on any atom is 0.218 e. The van der Waals surface area contributed by atoms with Gasteiger partial charge in [-0.15, -0.1) is 0 Å². The Morgan fingerprint density at radius 2 is 2.47 bits per heavy atom. The Bertz CT molecular complexity index is 456. The van der Waals surface area contributed by atoms with Gasteiger partial charge < -0.3 is 15.2 Å². The molecule has 0 saturated carbocycles. The Morgan fingerprint density at radius 1 is 1.63 bits per heavy atom. The maximum absolute atomic E-state index is 9.18. The third-order valence-electron chi connectivity index (χ3n) is 3.34. The van der Waals surface area contributed by atoms with E-state index in [1.54, 1.807) is 6.07 Å². The minimum absolute atomic E-state index is 0.160. The molecule has 1 aliphatic heterocycles. The topological polar surface area (TPSA) is 73.2 Å². The highest BCUT2D eigenvalue weighted by molar-refractivity contribution is 5.55. The monoisotopic (exact) mass is 263 g/mol. The lowest BCUT2D eigenvalue weighted by Gasteiger charge is -2.15. The van der Waals surface area contributed by atoms with Crippen molar-refractivity contribution in [2.75, 3.05) is 18.9 Å². The Kier molecular flexibility index (Phi) is 4.69. The molecule has 0 radical (unpaired) electrons. The molecule has 0 aromatic carbocycles. The highest BCUT2D eigenvalue weighted by Gasteiger charge is 2.21. The van der Waals surface area contributed by atoms with Crippen molar-refractivity contribution < 1.29 is 9.47 Å². The van der Waals surface area contributed by atoms with Crippen molar-refractivity contribution in [3.63, 3.8) is 0 Å². The van der Waals surface area contributed by atoms with Crippen LogP contribution in [0, 0.1) is 11.3 Å². The van der Waals surface area contributed by atoms with E-state index in [9.17, 15) is 5.26 Å². The fourth-order valence-electron chi connectivity index (χ4n) is 2.29. The first-order valence-electron chi connectivity index (χ1n) is 6.89. The minimum Gasteiger partial charge on any atom is -0.477 e. The van der Waals surface area contributed by atoms with Gasteiger partial charge in [-0.2, -0.15) is 5.26 Å². The van der Waals surface area contributed by atoms with Gasteiger partial charge in [-0.25, -0.2) is 0 Å². The fourth-order valence-corrected chi connectivity index (χ4v) is 2.29. The molecule has 0 aliphatic carbocycles. The number of unbranched alkanes of at least 4 members (excludes halogenated alkanes) is 1. The molecule has 2 heterocycles. The van der Waals surface area contributed by atoms with Crippen molar-refractivity contribution in [1.82, 2.24) is 4.57 Å². The summed E-state index contributed by atoms with van der Waals surface area (Å²) in [6, 6.07) is 3.85. The second-order valence-corrected chi connectivity index (χ2v) is 4.85. The number of ether oxygens (including phenoxy) is 2. The molecular weight excluding hydrogens is 242 g/mol. The molecule has 1 aromatic heterocycles. The van der Waals surface area contributed by atoms with Crippen LogP contribution < -0.4 is 10.5 Å². The first-order chi connectivity index (χ1) is 9.26.